The van der Waals surface area contributed by atoms with Crippen LogP contribution in [0, 0.1) is 23.3 Å². The van der Waals surface area contributed by atoms with Gasteiger partial charge in [-0.15, -0.1) is 13.2 Å². The van der Waals surface area contributed by atoms with E-state index in [4.69, 9.17) is 19.3 Å². The van der Waals surface area contributed by atoms with Crippen LogP contribution < -0.4 is 29.6 Å². The lowest BCUT2D eigenvalue weighted by Crippen LogP contribution is -2.17. The molecule has 2 aromatic heterocycles. The van der Waals surface area contributed by atoms with Gasteiger partial charge in [0.25, 0.3) is 0 Å². The quantitative estimate of drug-likeness (QED) is 0.0721. The van der Waals surface area contributed by atoms with Gasteiger partial charge in [0.15, 0.2) is 0 Å². The van der Waals surface area contributed by atoms with Crippen LogP contribution in [0.4, 0.5) is 53.7 Å². The number of carboxylic acids is 2. The van der Waals surface area contributed by atoms with Crippen LogP contribution in [0.25, 0.3) is 33.4 Å². The largest absolute Gasteiger partial charge is 0.573 e. The number of ether oxygens (including phenoxy) is 4. The number of methoxy groups -OCH3 is 1. The summed E-state index contributed by atoms with van der Waals surface area (Å²) in [5.41, 5.74) is 1.73. The maximum Gasteiger partial charge on any atom is 0.573 e. The number of alkyl halides is 3. The van der Waals surface area contributed by atoms with Gasteiger partial charge < -0.3 is 39.8 Å². The first-order chi connectivity index (χ1) is 35.0. The fourth-order valence-corrected chi connectivity index (χ4v) is 6.85. The van der Waals surface area contributed by atoms with E-state index in [1.54, 1.807) is 78.9 Å². The van der Waals surface area contributed by atoms with E-state index in [9.17, 15) is 45.4 Å². The number of carboxylic acid groups (broad SMARTS) is 2. The molecular formula is C54H43F7N4O8. The van der Waals surface area contributed by atoms with Crippen molar-refractivity contribution in [1.29, 1.82) is 0 Å². The van der Waals surface area contributed by atoms with Crippen LogP contribution >= 0.6 is 0 Å². The van der Waals surface area contributed by atoms with Crippen molar-refractivity contribution in [2.75, 3.05) is 31.0 Å². The van der Waals surface area contributed by atoms with Crippen molar-refractivity contribution in [2.45, 2.75) is 20.2 Å². The predicted molar refractivity (Wildman–Crippen MR) is 260 cm³/mol. The summed E-state index contributed by atoms with van der Waals surface area (Å²) in [4.78, 5) is 30.2. The molecule has 8 aromatic rings. The maximum atomic E-state index is 14.6. The van der Waals surface area contributed by atoms with Crippen LogP contribution in [-0.2, 0) is 0 Å². The third-order valence-corrected chi connectivity index (χ3v) is 10.1. The average molecular weight is 1010 g/mol. The highest BCUT2D eigenvalue weighted by molar-refractivity contribution is 5.94. The molecule has 2 heterocycles. The number of rotatable bonds is 15. The van der Waals surface area contributed by atoms with E-state index < -0.39 is 41.6 Å². The van der Waals surface area contributed by atoms with Gasteiger partial charge in [-0.2, -0.15) is 0 Å². The number of aromatic nitrogens is 2. The van der Waals surface area contributed by atoms with Crippen LogP contribution in [0.15, 0.2) is 158 Å². The molecule has 0 aliphatic carbocycles. The number of hydrogen-bond acceptors (Lipinski definition) is 10. The minimum atomic E-state index is -4.69. The Kier molecular flexibility index (Phi) is 18.0. The SMILES string of the molecule is CCOc1cccc(-c2cc(F)c(Nc3ncccc3C(=O)O)cc2F)c1.CCOc1cccc(-c2cccc(OC(F)(F)F)c2)c1.COc1cccc(-c2cc(F)c(Nc3ncccc3C(=O)O)cc2F)c1. The fourth-order valence-electron chi connectivity index (χ4n) is 6.85. The Morgan fingerprint density at radius 1 is 0.507 bits per heavy atom. The molecule has 4 N–H and O–H groups in total. The van der Waals surface area contributed by atoms with Crippen molar-refractivity contribution in [3.05, 3.63) is 192 Å². The van der Waals surface area contributed by atoms with Crippen molar-refractivity contribution >= 4 is 34.9 Å². The van der Waals surface area contributed by atoms with Gasteiger partial charge in [0.2, 0.25) is 0 Å². The van der Waals surface area contributed by atoms with Crippen molar-refractivity contribution < 1.29 is 69.5 Å². The van der Waals surface area contributed by atoms with Crippen LogP contribution in [0.5, 0.6) is 23.0 Å². The van der Waals surface area contributed by atoms with E-state index in [-0.39, 0.29) is 51.0 Å². The van der Waals surface area contributed by atoms with Crippen molar-refractivity contribution in [3.8, 4) is 56.4 Å². The van der Waals surface area contributed by atoms with Crippen LogP contribution in [-0.4, -0.2) is 58.8 Å². The summed E-state index contributed by atoms with van der Waals surface area (Å²) in [7, 11) is 1.48. The van der Waals surface area contributed by atoms with Gasteiger partial charge in [0.1, 0.15) is 69.0 Å². The van der Waals surface area contributed by atoms with E-state index in [0.717, 1.165) is 29.8 Å². The molecule has 0 atom stereocenters. The van der Waals surface area contributed by atoms with Gasteiger partial charge >= 0.3 is 18.3 Å². The lowest BCUT2D eigenvalue weighted by Gasteiger charge is -2.12. The Hall–Kier alpha value is -9.13. The molecule has 8 rings (SSSR count). The number of pyridine rings is 2. The third-order valence-electron chi connectivity index (χ3n) is 10.1. The molecule has 0 amide bonds. The minimum Gasteiger partial charge on any atom is -0.497 e. The second kappa shape index (κ2) is 24.6. The molecule has 0 bridgehead atoms. The molecule has 0 radical (unpaired) electrons. The van der Waals surface area contributed by atoms with E-state index in [1.165, 1.54) is 62.0 Å². The molecule has 376 valence electrons. The Morgan fingerprint density at radius 2 is 0.890 bits per heavy atom. The van der Waals surface area contributed by atoms with E-state index >= 15 is 0 Å². The molecular weight excluding hydrogens is 966 g/mol. The standard InChI is InChI=1S/C20H16F2N2O3.C19H14F2N2O3.C15H13F3O2/c1-2-27-13-6-3-5-12(9-13)15-10-17(22)18(11-16(15)21)24-19-14(20(25)26)7-4-8-23-19;1-26-12-5-2-4-11(8-12)14-9-16(21)17(10-15(14)20)23-18-13(19(24)25)6-3-7-22-18;1-2-19-13-7-3-5-11(9-13)12-6-4-8-14(10-12)20-15(16,17)18/h3-11H,2H2,1H3,(H,23,24)(H,25,26);2-10H,1H3,(H,22,23)(H,24,25);3-10H,2H2,1H3. The molecule has 0 saturated carbocycles. The first kappa shape index (κ1) is 53.2. The molecule has 0 aliphatic heterocycles. The first-order valence-corrected chi connectivity index (χ1v) is 21.8. The van der Waals surface area contributed by atoms with Crippen LogP contribution in [0.2, 0.25) is 0 Å². The lowest BCUT2D eigenvalue weighted by molar-refractivity contribution is -0.274. The van der Waals surface area contributed by atoms with Gasteiger partial charge in [-0.25, -0.2) is 37.1 Å². The van der Waals surface area contributed by atoms with Gasteiger partial charge in [0, 0.05) is 35.7 Å². The smallest absolute Gasteiger partial charge is 0.497 e. The van der Waals surface area contributed by atoms with Gasteiger partial charge in [-0.05, 0) is 121 Å². The second-order valence-corrected chi connectivity index (χ2v) is 15.0. The highest BCUT2D eigenvalue weighted by Crippen LogP contribution is 2.34. The summed E-state index contributed by atoms with van der Waals surface area (Å²) in [5.74, 6) is -3.92. The number of aromatic carboxylic acids is 2. The van der Waals surface area contributed by atoms with Crippen LogP contribution in [0.3, 0.4) is 0 Å². The van der Waals surface area contributed by atoms with Gasteiger partial charge in [-0.3, -0.25) is 0 Å². The van der Waals surface area contributed by atoms with Crippen molar-refractivity contribution in [3.63, 3.8) is 0 Å². The summed E-state index contributed by atoms with van der Waals surface area (Å²) in [6.45, 7) is 4.68. The average Bonchev–Trinajstić information content (AvgIpc) is 3.36. The lowest BCUT2D eigenvalue weighted by atomic mass is 10.0. The molecule has 73 heavy (non-hydrogen) atoms. The normalized spacial score (nSPS) is 10.7. The molecule has 6 aromatic carbocycles. The van der Waals surface area contributed by atoms with Crippen molar-refractivity contribution in [2.24, 2.45) is 0 Å². The summed E-state index contributed by atoms with van der Waals surface area (Å²) in [5, 5.41) is 23.4. The Morgan fingerprint density at radius 3 is 1.30 bits per heavy atom. The highest BCUT2D eigenvalue weighted by atomic mass is 19.4. The predicted octanol–water partition coefficient (Wildman–Crippen LogP) is 14.0. The number of anilines is 4. The topological polar surface area (TPSA) is 161 Å². The molecule has 12 nitrogen and oxygen atoms in total. The Labute approximate surface area is 413 Å². The highest BCUT2D eigenvalue weighted by Gasteiger charge is 2.31. The zero-order valence-corrected chi connectivity index (χ0v) is 38.8. The minimum absolute atomic E-state index is 0.0615. The molecule has 0 spiro atoms. The summed E-state index contributed by atoms with van der Waals surface area (Å²) >= 11 is 0. The number of nitrogens with one attached hydrogen (secondary N) is 2. The second-order valence-electron chi connectivity index (χ2n) is 15.0. The fraction of sp³-hybridized carbons (Fsp3) is 0.111. The monoisotopic (exact) mass is 1010 g/mol. The van der Waals surface area contributed by atoms with E-state index in [0.29, 0.717) is 47.2 Å². The summed E-state index contributed by atoms with van der Waals surface area (Å²) in [6, 6.07) is 35.8. The van der Waals surface area contributed by atoms with Crippen LogP contribution in [0.1, 0.15) is 34.6 Å². The molecule has 19 heteroatoms. The Bertz CT molecular complexity index is 3210. The number of nitrogens with zero attached hydrogens (tertiary/aromatic N) is 2. The number of carbonyl (C=O) groups is 2. The van der Waals surface area contributed by atoms with E-state index in [1.807, 2.05) is 13.8 Å². The van der Waals surface area contributed by atoms with Gasteiger partial charge in [-0.1, -0.05) is 48.5 Å². The third kappa shape index (κ3) is 14.7. The summed E-state index contributed by atoms with van der Waals surface area (Å²) < 4.78 is 115. The maximum absolute atomic E-state index is 14.6. The molecule has 0 fully saturated rings. The Balaban J connectivity index is 0.000000181. The zero-order valence-electron chi connectivity index (χ0n) is 38.8. The number of halogens is 7. The molecule has 0 aliphatic rings. The molecule has 0 saturated heterocycles. The van der Waals surface area contributed by atoms with E-state index in [2.05, 4.69) is 25.3 Å². The van der Waals surface area contributed by atoms with Crippen molar-refractivity contribution in [1.82, 2.24) is 9.97 Å². The zero-order chi connectivity index (χ0) is 52.7. The van der Waals surface area contributed by atoms with Gasteiger partial charge in [0.05, 0.1) is 31.7 Å². The number of hydrogen-bond donors (Lipinski definition) is 4. The number of benzene rings is 6. The first-order valence-electron chi connectivity index (χ1n) is 21.8. The summed E-state index contributed by atoms with van der Waals surface area (Å²) in [6.07, 6.45) is -1.98. The molecule has 0 unspecified atom stereocenters.